The summed E-state index contributed by atoms with van der Waals surface area (Å²) in [4.78, 5) is 12.0. The van der Waals surface area contributed by atoms with Crippen LogP contribution in [-0.2, 0) is 0 Å². The van der Waals surface area contributed by atoms with Crippen LogP contribution in [0.25, 0.3) is 0 Å². The lowest BCUT2D eigenvalue weighted by Gasteiger charge is -2.07. The molecule has 120 valence electrons. The molecule has 0 fully saturated rings. The second kappa shape index (κ2) is 11.5. The predicted octanol–water partition coefficient (Wildman–Crippen LogP) is 4.44. The maximum Gasteiger partial charge on any atom is 0.323 e. The van der Waals surface area contributed by atoms with E-state index in [0.29, 0.717) is 13.2 Å². The van der Waals surface area contributed by atoms with Gasteiger partial charge in [-0.05, 0) is 24.4 Å². The van der Waals surface area contributed by atoms with Crippen LogP contribution in [0.4, 0.5) is 0 Å². The Labute approximate surface area is 132 Å². The molecule has 0 aromatic carbocycles. The molecular formula is C15H26ClN3O2. The van der Waals surface area contributed by atoms with Crippen molar-refractivity contribution >= 4 is 11.6 Å². The van der Waals surface area contributed by atoms with Crippen LogP contribution in [-0.4, -0.2) is 28.2 Å². The lowest BCUT2D eigenvalue weighted by Crippen LogP contribution is -2.06. The lowest BCUT2D eigenvalue weighted by molar-refractivity contribution is 0.253. The van der Waals surface area contributed by atoms with E-state index in [1.54, 1.807) is 0 Å². The summed E-state index contributed by atoms with van der Waals surface area (Å²) in [5.41, 5.74) is 0. The first-order valence-corrected chi connectivity index (χ1v) is 8.31. The summed E-state index contributed by atoms with van der Waals surface area (Å²) in [6.07, 6.45) is 9.11. The van der Waals surface area contributed by atoms with Crippen LogP contribution in [0.15, 0.2) is 0 Å². The number of rotatable bonds is 12. The fourth-order valence-corrected chi connectivity index (χ4v) is 1.97. The molecule has 0 aliphatic carbocycles. The third-order valence-electron chi connectivity index (χ3n) is 3.03. The van der Waals surface area contributed by atoms with Gasteiger partial charge in [-0.15, -0.1) is 4.98 Å². The SMILES string of the molecule is CCCCCCOc1nc(Cl)nc(OCCCCCC)n1. The van der Waals surface area contributed by atoms with E-state index in [2.05, 4.69) is 28.8 Å². The summed E-state index contributed by atoms with van der Waals surface area (Å²) in [5.74, 6) is 0. The molecule has 0 radical (unpaired) electrons. The molecule has 1 aromatic heterocycles. The van der Waals surface area contributed by atoms with Gasteiger partial charge in [0, 0.05) is 0 Å². The van der Waals surface area contributed by atoms with E-state index < -0.39 is 0 Å². The number of unbranched alkanes of at least 4 members (excludes halogenated alkanes) is 6. The minimum atomic E-state index is 0.108. The van der Waals surface area contributed by atoms with Crippen molar-refractivity contribution in [2.45, 2.75) is 65.2 Å². The number of ether oxygens (including phenoxy) is 2. The molecule has 21 heavy (non-hydrogen) atoms. The van der Waals surface area contributed by atoms with E-state index in [0.717, 1.165) is 25.7 Å². The van der Waals surface area contributed by atoms with E-state index >= 15 is 0 Å². The van der Waals surface area contributed by atoms with Crippen molar-refractivity contribution in [3.8, 4) is 12.0 Å². The van der Waals surface area contributed by atoms with E-state index in [1.807, 2.05) is 0 Å². The van der Waals surface area contributed by atoms with Crippen molar-refractivity contribution in [3.63, 3.8) is 0 Å². The Hall–Kier alpha value is -1.10. The van der Waals surface area contributed by atoms with Gasteiger partial charge in [0.05, 0.1) is 13.2 Å². The van der Waals surface area contributed by atoms with Crippen LogP contribution >= 0.6 is 11.6 Å². The molecule has 1 rings (SSSR count). The minimum Gasteiger partial charge on any atom is -0.463 e. The first-order valence-electron chi connectivity index (χ1n) is 7.93. The number of halogens is 1. The standard InChI is InChI=1S/C15H26ClN3O2/c1-3-5-7-9-11-20-14-17-13(16)18-15(19-14)21-12-10-8-6-4-2/h3-12H2,1-2H3. The summed E-state index contributed by atoms with van der Waals surface area (Å²) in [6, 6.07) is 0.491. The second-order valence-corrected chi connectivity index (χ2v) is 5.33. The number of hydrogen-bond donors (Lipinski definition) is 0. The molecule has 0 saturated carbocycles. The number of hydrogen-bond acceptors (Lipinski definition) is 5. The Bertz CT molecular complexity index is 359. The van der Waals surface area contributed by atoms with Gasteiger partial charge in [-0.1, -0.05) is 52.4 Å². The van der Waals surface area contributed by atoms with E-state index in [4.69, 9.17) is 21.1 Å². The average Bonchev–Trinajstić information content (AvgIpc) is 2.46. The summed E-state index contributed by atoms with van der Waals surface area (Å²) in [5, 5.41) is 0.108. The zero-order valence-corrected chi connectivity index (χ0v) is 13.9. The van der Waals surface area contributed by atoms with Crippen LogP contribution in [0.1, 0.15) is 65.2 Å². The number of aromatic nitrogens is 3. The third-order valence-corrected chi connectivity index (χ3v) is 3.19. The maximum atomic E-state index is 5.85. The minimum absolute atomic E-state index is 0.108. The highest BCUT2D eigenvalue weighted by atomic mass is 35.5. The van der Waals surface area contributed by atoms with Gasteiger partial charge < -0.3 is 9.47 Å². The van der Waals surface area contributed by atoms with Crippen LogP contribution < -0.4 is 9.47 Å². The van der Waals surface area contributed by atoms with Crippen molar-refractivity contribution in [1.82, 2.24) is 15.0 Å². The van der Waals surface area contributed by atoms with Crippen LogP contribution in [0.3, 0.4) is 0 Å². The van der Waals surface area contributed by atoms with Crippen LogP contribution in [0, 0.1) is 0 Å². The summed E-state index contributed by atoms with van der Waals surface area (Å²) in [6.45, 7) is 5.54. The quantitative estimate of drug-likeness (QED) is 0.533. The van der Waals surface area contributed by atoms with Gasteiger partial charge in [-0.3, -0.25) is 0 Å². The van der Waals surface area contributed by atoms with Gasteiger partial charge in [0.1, 0.15) is 0 Å². The Morgan fingerprint density at radius 1 is 0.714 bits per heavy atom. The van der Waals surface area contributed by atoms with Crippen molar-refractivity contribution in [2.24, 2.45) is 0 Å². The van der Waals surface area contributed by atoms with E-state index in [-0.39, 0.29) is 17.3 Å². The molecule has 1 heterocycles. The Kier molecular flexibility index (Phi) is 9.87. The molecule has 5 nitrogen and oxygen atoms in total. The van der Waals surface area contributed by atoms with Crippen molar-refractivity contribution in [2.75, 3.05) is 13.2 Å². The Balaban J connectivity index is 2.32. The first kappa shape index (κ1) is 18.0. The molecule has 0 bridgehead atoms. The Morgan fingerprint density at radius 3 is 1.62 bits per heavy atom. The fraction of sp³-hybridized carbons (Fsp3) is 0.800. The molecule has 0 aliphatic rings. The highest BCUT2D eigenvalue weighted by Gasteiger charge is 2.07. The van der Waals surface area contributed by atoms with Crippen molar-refractivity contribution < 1.29 is 9.47 Å². The van der Waals surface area contributed by atoms with Gasteiger partial charge in [-0.25, -0.2) is 0 Å². The maximum absolute atomic E-state index is 5.85. The normalized spacial score (nSPS) is 10.6. The monoisotopic (exact) mass is 315 g/mol. The summed E-state index contributed by atoms with van der Waals surface area (Å²) < 4.78 is 11.0. The topological polar surface area (TPSA) is 57.1 Å². The molecule has 0 N–H and O–H groups in total. The molecule has 6 heteroatoms. The zero-order valence-electron chi connectivity index (χ0n) is 13.1. The highest BCUT2D eigenvalue weighted by Crippen LogP contribution is 2.14. The molecule has 0 spiro atoms. The molecule has 0 atom stereocenters. The zero-order chi connectivity index (χ0) is 15.3. The molecule has 0 unspecified atom stereocenters. The molecule has 1 aromatic rings. The first-order chi connectivity index (χ1) is 10.3. The van der Waals surface area contributed by atoms with Crippen LogP contribution in [0.2, 0.25) is 5.28 Å². The highest BCUT2D eigenvalue weighted by molar-refractivity contribution is 6.28. The predicted molar refractivity (Wildman–Crippen MR) is 84.1 cm³/mol. The molecular weight excluding hydrogens is 290 g/mol. The molecule has 0 saturated heterocycles. The average molecular weight is 316 g/mol. The van der Waals surface area contributed by atoms with Gasteiger partial charge in [-0.2, -0.15) is 9.97 Å². The van der Waals surface area contributed by atoms with Gasteiger partial charge in [0.25, 0.3) is 0 Å². The van der Waals surface area contributed by atoms with Gasteiger partial charge >= 0.3 is 12.0 Å². The van der Waals surface area contributed by atoms with Crippen molar-refractivity contribution in [3.05, 3.63) is 5.28 Å². The molecule has 0 aliphatic heterocycles. The van der Waals surface area contributed by atoms with Gasteiger partial charge in [0.15, 0.2) is 0 Å². The lowest BCUT2D eigenvalue weighted by atomic mass is 10.2. The van der Waals surface area contributed by atoms with E-state index in [9.17, 15) is 0 Å². The number of nitrogens with zero attached hydrogens (tertiary/aromatic N) is 3. The van der Waals surface area contributed by atoms with Crippen LogP contribution in [0.5, 0.6) is 12.0 Å². The third kappa shape index (κ3) is 8.71. The smallest absolute Gasteiger partial charge is 0.323 e. The molecule has 0 amide bonds. The van der Waals surface area contributed by atoms with Crippen molar-refractivity contribution in [1.29, 1.82) is 0 Å². The second-order valence-electron chi connectivity index (χ2n) is 4.99. The summed E-state index contributed by atoms with van der Waals surface area (Å²) in [7, 11) is 0. The van der Waals surface area contributed by atoms with Gasteiger partial charge in [0.2, 0.25) is 5.28 Å². The largest absolute Gasteiger partial charge is 0.463 e. The fourth-order valence-electron chi connectivity index (χ4n) is 1.83. The van der Waals surface area contributed by atoms with E-state index in [1.165, 1.54) is 25.7 Å². The Morgan fingerprint density at radius 2 is 1.19 bits per heavy atom. The summed E-state index contributed by atoms with van der Waals surface area (Å²) >= 11 is 5.85.